The van der Waals surface area contributed by atoms with Crippen molar-refractivity contribution in [1.29, 1.82) is 0 Å². The van der Waals surface area contributed by atoms with Gasteiger partial charge in [-0.25, -0.2) is 0 Å². The van der Waals surface area contributed by atoms with Crippen molar-refractivity contribution < 1.29 is 0 Å². The van der Waals surface area contributed by atoms with Crippen LogP contribution in [0.5, 0.6) is 0 Å². The Balaban J connectivity index is 1.89. The summed E-state index contributed by atoms with van der Waals surface area (Å²) < 4.78 is 0. The molecule has 1 N–H and O–H groups in total. The summed E-state index contributed by atoms with van der Waals surface area (Å²) in [5.74, 6) is 0.907. The molecule has 1 aromatic rings. The standard InChI is InChI=1S/C11H17N3S/c1-15-10-5-2-4-9(8-10)13-11-6-3-7-12-14-11/h3,6-7,9-10H,2,4-5,8H2,1H3,(H,13,14). The molecule has 1 aromatic heterocycles. The van der Waals surface area contributed by atoms with Gasteiger partial charge >= 0.3 is 0 Å². The fraction of sp³-hybridized carbons (Fsp3) is 0.636. The number of anilines is 1. The number of nitrogens with one attached hydrogen (secondary N) is 1. The van der Waals surface area contributed by atoms with E-state index < -0.39 is 0 Å². The van der Waals surface area contributed by atoms with E-state index in [2.05, 4.69) is 21.8 Å². The molecular weight excluding hydrogens is 206 g/mol. The zero-order chi connectivity index (χ0) is 10.5. The van der Waals surface area contributed by atoms with Crippen molar-refractivity contribution in [2.24, 2.45) is 0 Å². The SMILES string of the molecule is CSC1CCCC(Nc2cccnn2)C1. The van der Waals surface area contributed by atoms with Gasteiger partial charge in [0.25, 0.3) is 0 Å². The second-order valence-corrected chi connectivity index (χ2v) is 5.11. The summed E-state index contributed by atoms with van der Waals surface area (Å²) >= 11 is 1.98. The molecule has 0 bridgehead atoms. The van der Waals surface area contributed by atoms with Gasteiger partial charge in [-0.15, -0.1) is 5.10 Å². The Morgan fingerprint density at radius 3 is 3.13 bits per heavy atom. The van der Waals surface area contributed by atoms with Crippen molar-refractivity contribution in [2.45, 2.75) is 37.0 Å². The molecule has 0 aromatic carbocycles. The molecule has 0 amide bonds. The van der Waals surface area contributed by atoms with E-state index in [0.29, 0.717) is 6.04 Å². The summed E-state index contributed by atoms with van der Waals surface area (Å²) in [6.45, 7) is 0. The topological polar surface area (TPSA) is 37.8 Å². The zero-order valence-corrected chi connectivity index (χ0v) is 9.83. The summed E-state index contributed by atoms with van der Waals surface area (Å²) in [5, 5.41) is 12.2. The summed E-state index contributed by atoms with van der Waals surface area (Å²) in [4.78, 5) is 0. The Morgan fingerprint density at radius 2 is 2.40 bits per heavy atom. The molecule has 2 rings (SSSR count). The molecule has 2 atom stereocenters. The fourth-order valence-corrected chi connectivity index (χ4v) is 2.90. The number of thioether (sulfide) groups is 1. The molecule has 4 heteroatoms. The van der Waals surface area contributed by atoms with Crippen LogP contribution in [0.4, 0.5) is 5.82 Å². The Bertz CT molecular complexity index is 291. The molecule has 0 aliphatic heterocycles. The number of aromatic nitrogens is 2. The highest BCUT2D eigenvalue weighted by Crippen LogP contribution is 2.28. The van der Waals surface area contributed by atoms with Gasteiger partial charge < -0.3 is 5.32 Å². The molecule has 2 unspecified atom stereocenters. The molecule has 15 heavy (non-hydrogen) atoms. The van der Waals surface area contributed by atoms with Crippen molar-refractivity contribution in [3.05, 3.63) is 18.3 Å². The maximum atomic E-state index is 4.06. The molecule has 1 aliphatic rings. The average molecular weight is 223 g/mol. The van der Waals surface area contributed by atoms with Crippen molar-refractivity contribution in [3.63, 3.8) is 0 Å². The molecular formula is C11H17N3S. The Hall–Kier alpha value is -0.770. The second kappa shape index (κ2) is 5.35. The third-order valence-electron chi connectivity index (χ3n) is 2.88. The van der Waals surface area contributed by atoms with Gasteiger partial charge in [-0.2, -0.15) is 16.9 Å². The van der Waals surface area contributed by atoms with Crippen LogP contribution in [0.3, 0.4) is 0 Å². The normalized spacial score (nSPS) is 26.2. The Kier molecular flexibility index (Phi) is 3.83. The van der Waals surface area contributed by atoms with E-state index in [1.165, 1.54) is 25.7 Å². The molecule has 1 saturated carbocycles. The fourth-order valence-electron chi connectivity index (χ4n) is 2.08. The number of rotatable bonds is 3. The van der Waals surface area contributed by atoms with E-state index in [0.717, 1.165) is 11.1 Å². The van der Waals surface area contributed by atoms with Gasteiger partial charge in [-0.05, 0) is 37.7 Å². The van der Waals surface area contributed by atoms with Crippen LogP contribution in [0.2, 0.25) is 0 Å². The van der Waals surface area contributed by atoms with Crippen molar-refractivity contribution in [1.82, 2.24) is 10.2 Å². The highest BCUT2D eigenvalue weighted by molar-refractivity contribution is 7.99. The molecule has 82 valence electrons. The monoisotopic (exact) mass is 223 g/mol. The van der Waals surface area contributed by atoms with Crippen molar-refractivity contribution in [3.8, 4) is 0 Å². The van der Waals surface area contributed by atoms with E-state index in [1.807, 2.05) is 23.9 Å². The van der Waals surface area contributed by atoms with Crippen LogP contribution in [0.1, 0.15) is 25.7 Å². The van der Waals surface area contributed by atoms with Gasteiger partial charge in [0.1, 0.15) is 5.82 Å². The third-order valence-corrected chi connectivity index (χ3v) is 3.98. The molecule has 1 heterocycles. The predicted octanol–water partition coefficient (Wildman–Crippen LogP) is 2.56. The summed E-state index contributed by atoms with van der Waals surface area (Å²) in [7, 11) is 0. The van der Waals surface area contributed by atoms with Gasteiger partial charge in [-0.3, -0.25) is 0 Å². The molecule has 1 aliphatic carbocycles. The van der Waals surface area contributed by atoms with E-state index in [4.69, 9.17) is 0 Å². The van der Waals surface area contributed by atoms with Crippen LogP contribution in [0.15, 0.2) is 18.3 Å². The van der Waals surface area contributed by atoms with Crippen LogP contribution in [0, 0.1) is 0 Å². The second-order valence-electron chi connectivity index (χ2n) is 3.97. The maximum Gasteiger partial charge on any atom is 0.148 e. The van der Waals surface area contributed by atoms with Crippen molar-refractivity contribution in [2.75, 3.05) is 11.6 Å². The minimum atomic E-state index is 0.577. The van der Waals surface area contributed by atoms with E-state index >= 15 is 0 Å². The Morgan fingerprint density at radius 1 is 1.47 bits per heavy atom. The lowest BCUT2D eigenvalue weighted by Gasteiger charge is -2.28. The zero-order valence-electron chi connectivity index (χ0n) is 9.02. The van der Waals surface area contributed by atoms with Gasteiger partial charge in [-0.1, -0.05) is 6.42 Å². The average Bonchev–Trinajstić information content (AvgIpc) is 2.31. The van der Waals surface area contributed by atoms with Crippen LogP contribution >= 0.6 is 11.8 Å². The summed E-state index contributed by atoms with van der Waals surface area (Å²) in [6.07, 6.45) is 9.10. The molecule has 0 saturated heterocycles. The first-order chi connectivity index (χ1) is 7.38. The summed E-state index contributed by atoms with van der Waals surface area (Å²) in [6, 6.07) is 4.48. The van der Waals surface area contributed by atoms with Gasteiger partial charge in [0, 0.05) is 17.5 Å². The van der Waals surface area contributed by atoms with Gasteiger partial charge in [0.15, 0.2) is 0 Å². The minimum absolute atomic E-state index is 0.577. The number of hydrogen-bond donors (Lipinski definition) is 1. The van der Waals surface area contributed by atoms with E-state index in [1.54, 1.807) is 6.20 Å². The maximum absolute atomic E-state index is 4.06. The van der Waals surface area contributed by atoms with Gasteiger partial charge in [0.2, 0.25) is 0 Å². The lowest BCUT2D eigenvalue weighted by molar-refractivity contribution is 0.472. The predicted molar refractivity (Wildman–Crippen MR) is 65.2 cm³/mol. The molecule has 1 fully saturated rings. The highest BCUT2D eigenvalue weighted by Gasteiger charge is 2.21. The first-order valence-electron chi connectivity index (χ1n) is 5.45. The quantitative estimate of drug-likeness (QED) is 0.854. The lowest BCUT2D eigenvalue weighted by Crippen LogP contribution is -2.28. The van der Waals surface area contributed by atoms with Crippen molar-refractivity contribution >= 4 is 17.6 Å². The van der Waals surface area contributed by atoms with E-state index in [9.17, 15) is 0 Å². The first kappa shape index (κ1) is 10.7. The minimum Gasteiger partial charge on any atom is -0.366 e. The van der Waals surface area contributed by atoms with Gasteiger partial charge in [0.05, 0.1) is 0 Å². The van der Waals surface area contributed by atoms with Crippen LogP contribution in [-0.2, 0) is 0 Å². The largest absolute Gasteiger partial charge is 0.366 e. The van der Waals surface area contributed by atoms with E-state index in [-0.39, 0.29) is 0 Å². The first-order valence-corrected chi connectivity index (χ1v) is 6.74. The van der Waals surface area contributed by atoms with Crippen LogP contribution in [-0.4, -0.2) is 27.7 Å². The molecule has 3 nitrogen and oxygen atoms in total. The molecule has 0 spiro atoms. The molecule has 0 radical (unpaired) electrons. The highest BCUT2D eigenvalue weighted by atomic mass is 32.2. The number of nitrogens with zero attached hydrogens (tertiary/aromatic N) is 2. The Labute approximate surface area is 95.1 Å². The third kappa shape index (κ3) is 3.09. The van der Waals surface area contributed by atoms with Crippen LogP contribution in [0.25, 0.3) is 0 Å². The van der Waals surface area contributed by atoms with Crippen LogP contribution < -0.4 is 5.32 Å². The summed E-state index contributed by atoms with van der Waals surface area (Å²) in [5.41, 5.74) is 0. The lowest BCUT2D eigenvalue weighted by atomic mass is 9.95. The smallest absolute Gasteiger partial charge is 0.148 e. The number of hydrogen-bond acceptors (Lipinski definition) is 4.